The first-order chi connectivity index (χ1) is 12.8. The van der Waals surface area contributed by atoms with Gasteiger partial charge in [-0.05, 0) is 31.0 Å². The monoisotopic (exact) mass is 369 g/mol. The largest absolute Gasteiger partial charge is 0.345 e. The number of nitrogens with one attached hydrogen (secondary N) is 1. The second-order valence-electron chi connectivity index (χ2n) is 7.36. The van der Waals surface area contributed by atoms with Crippen LogP contribution in [0.4, 0.5) is 0 Å². The molecule has 0 bridgehead atoms. The quantitative estimate of drug-likeness (QED) is 0.690. The normalized spacial score (nSPS) is 11.5. The third kappa shape index (κ3) is 4.35. The molecule has 0 radical (unpaired) electrons. The van der Waals surface area contributed by atoms with E-state index in [0.29, 0.717) is 37.5 Å². The highest BCUT2D eigenvalue weighted by Crippen LogP contribution is 2.20. The fourth-order valence-corrected chi connectivity index (χ4v) is 2.89. The zero-order valence-corrected chi connectivity index (χ0v) is 16.7. The second-order valence-corrected chi connectivity index (χ2v) is 7.36. The molecule has 2 heterocycles. The number of imidazole rings is 1. The summed E-state index contributed by atoms with van der Waals surface area (Å²) >= 11 is 0. The lowest BCUT2D eigenvalue weighted by atomic mass is 10.1. The van der Waals surface area contributed by atoms with E-state index in [1.54, 1.807) is 11.9 Å². The van der Waals surface area contributed by atoms with Crippen LogP contribution in [0.25, 0.3) is 11.0 Å². The number of rotatable bonds is 7. The maximum Gasteiger partial charge on any atom is 0.229 e. The zero-order chi connectivity index (χ0) is 19.6. The Balaban J connectivity index is 1.53. The van der Waals surface area contributed by atoms with E-state index in [9.17, 15) is 4.79 Å². The van der Waals surface area contributed by atoms with Crippen molar-refractivity contribution < 1.29 is 9.32 Å². The van der Waals surface area contributed by atoms with Gasteiger partial charge in [-0.1, -0.05) is 25.1 Å². The molecular formula is C20H27N5O2. The van der Waals surface area contributed by atoms with E-state index in [0.717, 1.165) is 16.9 Å². The third-order valence-electron chi connectivity index (χ3n) is 4.88. The van der Waals surface area contributed by atoms with Crippen LogP contribution in [-0.4, -0.2) is 44.5 Å². The first-order valence-corrected chi connectivity index (χ1v) is 9.36. The number of benzene rings is 1. The molecule has 3 rings (SSSR count). The van der Waals surface area contributed by atoms with E-state index < -0.39 is 0 Å². The Hall–Kier alpha value is -2.70. The van der Waals surface area contributed by atoms with Crippen LogP contribution in [0, 0.1) is 13.8 Å². The molecule has 144 valence electrons. The molecule has 1 amide bonds. The van der Waals surface area contributed by atoms with Crippen molar-refractivity contribution in [2.45, 2.75) is 52.9 Å². The number of aryl methyl sites for hydroxylation is 3. The molecule has 27 heavy (non-hydrogen) atoms. The fraction of sp³-hybridized carbons (Fsp3) is 0.500. The smallest absolute Gasteiger partial charge is 0.229 e. The Bertz CT molecular complexity index is 941. The van der Waals surface area contributed by atoms with Gasteiger partial charge in [0.1, 0.15) is 5.82 Å². The summed E-state index contributed by atoms with van der Waals surface area (Å²) in [6.45, 7) is 8.73. The molecule has 0 saturated carbocycles. The molecule has 2 aromatic heterocycles. The minimum absolute atomic E-state index is 0.0796. The van der Waals surface area contributed by atoms with Crippen LogP contribution in [0.1, 0.15) is 54.9 Å². The van der Waals surface area contributed by atoms with E-state index in [1.165, 1.54) is 11.1 Å². The van der Waals surface area contributed by atoms with E-state index in [4.69, 9.17) is 4.52 Å². The molecule has 1 aromatic carbocycles. The zero-order valence-electron chi connectivity index (χ0n) is 16.7. The summed E-state index contributed by atoms with van der Waals surface area (Å²) in [7, 11) is 1.80. The van der Waals surface area contributed by atoms with Gasteiger partial charge in [-0.15, -0.1) is 0 Å². The number of amides is 1. The van der Waals surface area contributed by atoms with Gasteiger partial charge in [0.05, 0.1) is 11.0 Å². The molecule has 7 nitrogen and oxygen atoms in total. The summed E-state index contributed by atoms with van der Waals surface area (Å²) in [4.78, 5) is 26.4. The molecule has 0 atom stereocenters. The van der Waals surface area contributed by atoms with Crippen LogP contribution in [0.2, 0.25) is 0 Å². The van der Waals surface area contributed by atoms with E-state index in [2.05, 4.69) is 40.0 Å². The Morgan fingerprint density at radius 1 is 1.22 bits per heavy atom. The van der Waals surface area contributed by atoms with Gasteiger partial charge in [-0.3, -0.25) is 4.79 Å². The number of nitrogens with zero attached hydrogens (tertiary/aromatic N) is 4. The van der Waals surface area contributed by atoms with Crippen molar-refractivity contribution in [1.29, 1.82) is 0 Å². The van der Waals surface area contributed by atoms with Gasteiger partial charge in [0.25, 0.3) is 0 Å². The molecule has 0 aliphatic rings. The second kappa shape index (κ2) is 7.90. The Labute approximate surface area is 159 Å². The third-order valence-corrected chi connectivity index (χ3v) is 4.88. The summed E-state index contributed by atoms with van der Waals surface area (Å²) in [6, 6.07) is 4.12. The number of aromatic nitrogens is 4. The van der Waals surface area contributed by atoms with Gasteiger partial charge in [0, 0.05) is 38.8 Å². The molecule has 0 spiro atoms. The van der Waals surface area contributed by atoms with E-state index in [1.807, 2.05) is 19.9 Å². The lowest BCUT2D eigenvalue weighted by molar-refractivity contribution is -0.129. The van der Waals surface area contributed by atoms with Gasteiger partial charge in [-0.2, -0.15) is 4.98 Å². The number of likely N-dealkylation sites (N-methyl/N-ethyl adjacent to an activating group) is 1. The molecule has 1 N–H and O–H groups in total. The molecule has 0 fully saturated rings. The van der Waals surface area contributed by atoms with Gasteiger partial charge in [-0.25, -0.2) is 4.98 Å². The number of fused-ring (bicyclic) bond motifs is 1. The lowest BCUT2D eigenvalue weighted by Gasteiger charge is -2.15. The van der Waals surface area contributed by atoms with Crippen molar-refractivity contribution >= 4 is 16.9 Å². The van der Waals surface area contributed by atoms with Gasteiger partial charge in [0.2, 0.25) is 11.8 Å². The summed E-state index contributed by atoms with van der Waals surface area (Å²) in [5, 5.41) is 3.96. The molecular weight excluding hydrogens is 342 g/mol. The van der Waals surface area contributed by atoms with Crippen LogP contribution in [-0.2, 0) is 17.6 Å². The van der Waals surface area contributed by atoms with Crippen LogP contribution in [0.15, 0.2) is 16.7 Å². The predicted molar refractivity (Wildman–Crippen MR) is 104 cm³/mol. The van der Waals surface area contributed by atoms with Crippen LogP contribution < -0.4 is 0 Å². The average Bonchev–Trinajstić information content (AvgIpc) is 3.28. The minimum Gasteiger partial charge on any atom is -0.345 e. The molecule has 0 saturated heterocycles. The predicted octanol–water partition coefficient (Wildman–Crippen LogP) is 3.32. The Morgan fingerprint density at radius 2 is 2.00 bits per heavy atom. The lowest BCUT2D eigenvalue weighted by Crippen LogP contribution is -2.29. The van der Waals surface area contributed by atoms with Crippen LogP contribution in [0.5, 0.6) is 0 Å². The van der Waals surface area contributed by atoms with Gasteiger partial charge < -0.3 is 14.4 Å². The molecule has 7 heteroatoms. The number of carbonyl (C=O) groups is 1. The number of hydrogen-bond donors (Lipinski definition) is 1. The summed E-state index contributed by atoms with van der Waals surface area (Å²) < 4.78 is 5.19. The van der Waals surface area contributed by atoms with Gasteiger partial charge in [0.15, 0.2) is 5.82 Å². The fourth-order valence-electron chi connectivity index (χ4n) is 2.89. The van der Waals surface area contributed by atoms with E-state index in [-0.39, 0.29) is 11.8 Å². The maximum atomic E-state index is 12.4. The SMILES string of the molecule is Cc1ccc2[nH]c(CCC(=O)N(C)CCc3noc(C(C)C)n3)nc2c1C. The van der Waals surface area contributed by atoms with Crippen molar-refractivity contribution in [3.8, 4) is 0 Å². The number of carbonyl (C=O) groups excluding carboxylic acids is 1. The van der Waals surface area contributed by atoms with E-state index >= 15 is 0 Å². The first kappa shape index (κ1) is 19.1. The van der Waals surface area contributed by atoms with Crippen molar-refractivity contribution in [2.75, 3.05) is 13.6 Å². The molecule has 3 aromatic rings. The molecule has 0 aliphatic carbocycles. The van der Waals surface area contributed by atoms with Crippen LogP contribution >= 0.6 is 0 Å². The van der Waals surface area contributed by atoms with Crippen molar-refractivity contribution in [2.24, 2.45) is 0 Å². The molecule has 0 aliphatic heterocycles. The Kier molecular flexibility index (Phi) is 5.58. The summed E-state index contributed by atoms with van der Waals surface area (Å²) in [5.41, 5.74) is 4.41. The van der Waals surface area contributed by atoms with Crippen molar-refractivity contribution in [3.05, 3.63) is 40.8 Å². The number of H-pyrrole nitrogens is 1. The topological polar surface area (TPSA) is 87.9 Å². The average molecular weight is 369 g/mol. The van der Waals surface area contributed by atoms with Crippen LogP contribution in [0.3, 0.4) is 0 Å². The van der Waals surface area contributed by atoms with Gasteiger partial charge >= 0.3 is 0 Å². The number of hydrogen-bond acceptors (Lipinski definition) is 5. The Morgan fingerprint density at radius 3 is 2.70 bits per heavy atom. The summed E-state index contributed by atoms with van der Waals surface area (Å²) in [5.74, 6) is 2.41. The standard InChI is InChI=1S/C20H27N5O2/c1-12(2)20-23-17(24-27-20)10-11-25(5)18(26)9-8-16-21-15-7-6-13(3)14(4)19(15)22-16/h6-7,12H,8-11H2,1-5H3,(H,21,22). The minimum atomic E-state index is 0.0796. The van der Waals surface area contributed by atoms with Crippen molar-refractivity contribution in [1.82, 2.24) is 25.0 Å². The first-order valence-electron chi connectivity index (χ1n) is 9.36. The maximum absolute atomic E-state index is 12.4. The highest BCUT2D eigenvalue weighted by atomic mass is 16.5. The molecule has 0 unspecified atom stereocenters. The highest BCUT2D eigenvalue weighted by molar-refractivity contribution is 5.80. The number of aromatic amines is 1. The van der Waals surface area contributed by atoms with Crippen molar-refractivity contribution in [3.63, 3.8) is 0 Å². The summed E-state index contributed by atoms with van der Waals surface area (Å²) in [6.07, 6.45) is 1.59. The highest BCUT2D eigenvalue weighted by Gasteiger charge is 2.14.